The lowest BCUT2D eigenvalue weighted by Crippen LogP contribution is -1.94. The summed E-state index contributed by atoms with van der Waals surface area (Å²) in [6, 6.07) is 11.2. The van der Waals surface area contributed by atoms with Crippen LogP contribution in [0.3, 0.4) is 0 Å². The Morgan fingerprint density at radius 2 is 2.07 bits per heavy atom. The molecule has 0 amide bonds. The van der Waals surface area contributed by atoms with Crippen molar-refractivity contribution in [2.45, 2.75) is 0 Å². The SMILES string of the molecule is N#Cc1cccc(-c2cccnc2)c1N. The zero-order chi connectivity index (χ0) is 10.7. The highest BCUT2D eigenvalue weighted by Crippen LogP contribution is 2.27. The minimum Gasteiger partial charge on any atom is -0.397 e. The first-order valence-electron chi connectivity index (χ1n) is 4.52. The van der Waals surface area contributed by atoms with E-state index in [0.717, 1.165) is 11.1 Å². The molecule has 0 atom stereocenters. The maximum Gasteiger partial charge on any atom is 0.101 e. The van der Waals surface area contributed by atoms with Crippen LogP contribution in [0, 0.1) is 11.3 Å². The van der Waals surface area contributed by atoms with Crippen LogP contribution in [0.15, 0.2) is 42.7 Å². The van der Waals surface area contributed by atoms with Crippen molar-refractivity contribution in [3.05, 3.63) is 48.3 Å². The molecule has 0 aliphatic heterocycles. The van der Waals surface area contributed by atoms with Crippen molar-refractivity contribution in [3.8, 4) is 17.2 Å². The van der Waals surface area contributed by atoms with Crippen LogP contribution in [0.5, 0.6) is 0 Å². The number of rotatable bonds is 1. The van der Waals surface area contributed by atoms with Gasteiger partial charge in [0, 0.05) is 23.5 Å². The molecular formula is C12H9N3. The average Bonchev–Trinajstić information content (AvgIpc) is 2.30. The molecule has 72 valence electrons. The number of aromatic nitrogens is 1. The molecule has 3 heteroatoms. The molecule has 0 aliphatic carbocycles. The van der Waals surface area contributed by atoms with Crippen molar-refractivity contribution in [1.29, 1.82) is 5.26 Å². The summed E-state index contributed by atoms with van der Waals surface area (Å²) in [5.74, 6) is 0. The normalized spacial score (nSPS) is 9.53. The molecule has 0 radical (unpaired) electrons. The number of nitriles is 1. The number of nitrogens with zero attached hydrogens (tertiary/aromatic N) is 2. The molecule has 0 bridgehead atoms. The first-order chi connectivity index (χ1) is 7.33. The Kier molecular flexibility index (Phi) is 2.34. The van der Waals surface area contributed by atoms with Gasteiger partial charge in [0.15, 0.2) is 0 Å². The van der Waals surface area contributed by atoms with Gasteiger partial charge in [-0.1, -0.05) is 18.2 Å². The highest BCUT2D eigenvalue weighted by molar-refractivity contribution is 5.79. The maximum atomic E-state index is 8.84. The molecule has 1 aromatic carbocycles. The lowest BCUT2D eigenvalue weighted by molar-refractivity contribution is 1.33. The number of nitrogens with two attached hydrogens (primary N) is 1. The fourth-order valence-corrected chi connectivity index (χ4v) is 1.44. The van der Waals surface area contributed by atoms with Crippen molar-refractivity contribution in [2.24, 2.45) is 0 Å². The number of nitrogen functional groups attached to an aromatic ring is 1. The van der Waals surface area contributed by atoms with Crippen molar-refractivity contribution < 1.29 is 0 Å². The van der Waals surface area contributed by atoms with Crippen LogP contribution in [-0.4, -0.2) is 4.98 Å². The molecule has 1 heterocycles. The Bertz CT molecular complexity index is 512. The molecule has 0 spiro atoms. The number of hydrogen-bond acceptors (Lipinski definition) is 3. The van der Waals surface area contributed by atoms with E-state index in [1.54, 1.807) is 18.5 Å². The third-order valence-corrected chi connectivity index (χ3v) is 2.20. The molecule has 2 rings (SSSR count). The third kappa shape index (κ3) is 1.65. The van der Waals surface area contributed by atoms with Gasteiger partial charge < -0.3 is 5.73 Å². The summed E-state index contributed by atoms with van der Waals surface area (Å²) in [5.41, 5.74) is 8.65. The van der Waals surface area contributed by atoms with Gasteiger partial charge in [-0.05, 0) is 12.1 Å². The van der Waals surface area contributed by atoms with Gasteiger partial charge in [-0.15, -0.1) is 0 Å². The number of benzene rings is 1. The summed E-state index contributed by atoms with van der Waals surface area (Å²) >= 11 is 0. The van der Waals surface area contributed by atoms with E-state index in [1.165, 1.54) is 0 Å². The van der Waals surface area contributed by atoms with Gasteiger partial charge in [-0.2, -0.15) is 5.26 Å². The summed E-state index contributed by atoms with van der Waals surface area (Å²) in [7, 11) is 0. The van der Waals surface area contributed by atoms with Crippen LogP contribution < -0.4 is 5.73 Å². The van der Waals surface area contributed by atoms with Gasteiger partial charge in [0.05, 0.1) is 11.3 Å². The Balaban J connectivity index is 2.61. The zero-order valence-corrected chi connectivity index (χ0v) is 8.01. The van der Waals surface area contributed by atoms with Crippen molar-refractivity contribution in [1.82, 2.24) is 4.98 Å². The second-order valence-corrected chi connectivity index (χ2v) is 3.12. The molecule has 2 N–H and O–H groups in total. The number of pyridine rings is 1. The van der Waals surface area contributed by atoms with Gasteiger partial charge in [0.25, 0.3) is 0 Å². The van der Waals surface area contributed by atoms with Crippen LogP contribution in [0.4, 0.5) is 5.69 Å². The fourth-order valence-electron chi connectivity index (χ4n) is 1.44. The van der Waals surface area contributed by atoms with Crippen molar-refractivity contribution in [3.63, 3.8) is 0 Å². The Labute approximate surface area is 87.8 Å². The van der Waals surface area contributed by atoms with Crippen LogP contribution in [0.2, 0.25) is 0 Å². The third-order valence-electron chi connectivity index (χ3n) is 2.20. The summed E-state index contributed by atoms with van der Waals surface area (Å²) in [4.78, 5) is 4.02. The predicted octanol–water partition coefficient (Wildman–Crippen LogP) is 2.20. The summed E-state index contributed by atoms with van der Waals surface area (Å²) < 4.78 is 0. The molecule has 0 aliphatic rings. The van der Waals surface area contributed by atoms with Gasteiger partial charge in [-0.3, -0.25) is 4.98 Å². The standard InChI is InChI=1S/C12H9N3/c13-7-9-3-1-5-11(12(9)14)10-4-2-6-15-8-10/h1-6,8H,14H2. The molecule has 0 saturated heterocycles. The van der Waals surface area contributed by atoms with Crippen LogP contribution in [-0.2, 0) is 0 Å². The van der Waals surface area contributed by atoms with Gasteiger partial charge in [-0.25, -0.2) is 0 Å². The van der Waals surface area contributed by atoms with E-state index in [4.69, 9.17) is 11.0 Å². The number of anilines is 1. The highest BCUT2D eigenvalue weighted by atomic mass is 14.6. The minimum absolute atomic E-state index is 0.497. The summed E-state index contributed by atoms with van der Waals surface area (Å²) in [6.07, 6.45) is 3.43. The largest absolute Gasteiger partial charge is 0.397 e. The Morgan fingerprint density at radius 1 is 1.20 bits per heavy atom. The van der Waals surface area contributed by atoms with Gasteiger partial charge >= 0.3 is 0 Å². The maximum absolute atomic E-state index is 8.84. The second kappa shape index (κ2) is 3.81. The van der Waals surface area contributed by atoms with E-state index in [-0.39, 0.29) is 0 Å². The second-order valence-electron chi connectivity index (χ2n) is 3.12. The molecule has 2 aromatic rings. The summed E-state index contributed by atoms with van der Waals surface area (Å²) in [6.45, 7) is 0. The number of hydrogen-bond donors (Lipinski definition) is 1. The quantitative estimate of drug-likeness (QED) is 0.709. The van der Waals surface area contributed by atoms with Crippen molar-refractivity contribution >= 4 is 5.69 Å². The average molecular weight is 195 g/mol. The number of para-hydroxylation sites is 1. The predicted molar refractivity (Wildman–Crippen MR) is 58.8 cm³/mol. The molecule has 1 aromatic heterocycles. The molecule has 15 heavy (non-hydrogen) atoms. The highest BCUT2D eigenvalue weighted by Gasteiger charge is 2.05. The van der Waals surface area contributed by atoms with E-state index in [2.05, 4.69) is 11.1 Å². The van der Waals surface area contributed by atoms with Crippen molar-refractivity contribution in [2.75, 3.05) is 5.73 Å². The van der Waals surface area contributed by atoms with Gasteiger partial charge in [0.1, 0.15) is 6.07 Å². The van der Waals surface area contributed by atoms with Gasteiger partial charge in [0.2, 0.25) is 0 Å². The topological polar surface area (TPSA) is 62.7 Å². The molecule has 0 saturated carbocycles. The molecular weight excluding hydrogens is 186 g/mol. The lowest BCUT2D eigenvalue weighted by atomic mass is 10.0. The first kappa shape index (κ1) is 9.22. The van der Waals surface area contributed by atoms with E-state index < -0.39 is 0 Å². The zero-order valence-electron chi connectivity index (χ0n) is 8.01. The van der Waals surface area contributed by atoms with Crippen LogP contribution in [0.25, 0.3) is 11.1 Å². The first-order valence-corrected chi connectivity index (χ1v) is 4.52. The smallest absolute Gasteiger partial charge is 0.101 e. The lowest BCUT2D eigenvalue weighted by Gasteiger charge is -2.05. The van der Waals surface area contributed by atoms with Crippen LogP contribution >= 0.6 is 0 Å². The van der Waals surface area contributed by atoms with E-state index in [0.29, 0.717) is 11.3 Å². The van der Waals surface area contributed by atoms with E-state index in [1.807, 2.05) is 24.3 Å². The molecule has 0 unspecified atom stereocenters. The molecule has 3 nitrogen and oxygen atoms in total. The minimum atomic E-state index is 0.497. The van der Waals surface area contributed by atoms with E-state index >= 15 is 0 Å². The Hall–Kier alpha value is -2.34. The van der Waals surface area contributed by atoms with E-state index in [9.17, 15) is 0 Å². The van der Waals surface area contributed by atoms with Crippen LogP contribution in [0.1, 0.15) is 5.56 Å². The summed E-state index contributed by atoms with van der Waals surface area (Å²) in [5, 5.41) is 8.84. The monoisotopic (exact) mass is 195 g/mol. The molecule has 0 fully saturated rings. The fraction of sp³-hybridized carbons (Fsp3) is 0. The Morgan fingerprint density at radius 3 is 2.73 bits per heavy atom.